The van der Waals surface area contributed by atoms with Crippen LogP contribution in [0.3, 0.4) is 0 Å². The summed E-state index contributed by atoms with van der Waals surface area (Å²) in [6, 6.07) is -0.912. The number of aliphatic hydroxyl groups excluding tert-OH is 8. The summed E-state index contributed by atoms with van der Waals surface area (Å²) in [6.45, 7) is 2.70. The lowest BCUT2D eigenvalue weighted by Gasteiger charge is -2.46. The molecule has 12 atom stereocenters. The Labute approximate surface area is 341 Å². The minimum atomic E-state index is -1.79. The molecule has 0 spiro atoms. The first-order chi connectivity index (χ1) is 27.6. The Kier molecular flexibility index (Phi) is 28.4. The number of carbonyl (C=O) groups excluding carboxylic acids is 1. The Morgan fingerprint density at radius 1 is 0.614 bits per heavy atom. The Morgan fingerprint density at radius 2 is 1.11 bits per heavy atom. The second-order valence-corrected chi connectivity index (χ2v) is 15.8. The quantitative estimate of drug-likeness (QED) is 0.0348. The van der Waals surface area contributed by atoms with Gasteiger partial charge in [-0.3, -0.25) is 4.79 Å². The van der Waals surface area contributed by atoms with Crippen molar-refractivity contribution in [2.75, 3.05) is 19.8 Å². The summed E-state index contributed by atoms with van der Waals surface area (Å²) in [7, 11) is 0. The van der Waals surface area contributed by atoms with Crippen molar-refractivity contribution in [1.29, 1.82) is 0 Å². The molecule has 1 amide bonds. The van der Waals surface area contributed by atoms with Crippen LogP contribution in [0.2, 0.25) is 0 Å². The van der Waals surface area contributed by atoms with Gasteiger partial charge in [0.05, 0.1) is 32.0 Å². The summed E-state index contributed by atoms with van der Waals surface area (Å²) in [5.74, 6) is -0.253. The van der Waals surface area contributed by atoms with E-state index in [0.29, 0.717) is 6.42 Å². The molecule has 12 unspecified atom stereocenters. The molecule has 14 nitrogen and oxygen atoms in total. The average molecular weight is 818 g/mol. The number of amides is 1. The molecule has 2 saturated heterocycles. The van der Waals surface area contributed by atoms with E-state index in [4.69, 9.17) is 18.9 Å². The molecule has 14 heteroatoms. The van der Waals surface area contributed by atoms with E-state index in [-0.39, 0.29) is 18.9 Å². The second kappa shape index (κ2) is 31.4. The molecular formula is C43H79NO13. The van der Waals surface area contributed by atoms with Gasteiger partial charge in [-0.2, -0.15) is 0 Å². The Hall–Kier alpha value is -1.53. The molecular weight excluding hydrogens is 738 g/mol. The maximum Gasteiger partial charge on any atom is 0.220 e. The Balaban J connectivity index is 1.93. The zero-order chi connectivity index (χ0) is 41.8. The first-order valence-electron chi connectivity index (χ1n) is 22.1. The largest absolute Gasteiger partial charge is 0.394 e. The molecule has 2 aliphatic heterocycles. The highest BCUT2D eigenvalue weighted by atomic mass is 16.7. The number of carbonyl (C=O) groups is 1. The van der Waals surface area contributed by atoms with E-state index in [0.717, 1.165) is 57.8 Å². The lowest BCUT2D eigenvalue weighted by atomic mass is 9.97. The molecule has 57 heavy (non-hydrogen) atoms. The summed E-state index contributed by atoms with van der Waals surface area (Å²) in [5.41, 5.74) is 0. The average Bonchev–Trinajstić information content (AvgIpc) is 3.21. The van der Waals surface area contributed by atoms with Crippen molar-refractivity contribution in [2.45, 2.75) is 222 Å². The van der Waals surface area contributed by atoms with Gasteiger partial charge in [-0.05, 0) is 44.9 Å². The fourth-order valence-electron chi connectivity index (χ4n) is 7.16. The van der Waals surface area contributed by atoms with Crippen LogP contribution >= 0.6 is 0 Å². The summed E-state index contributed by atoms with van der Waals surface area (Å²) in [4.78, 5) is 13.0. The molecule has 2 aliphatic rings. The van der Waals surface area contributed by atoms with Crippen molar-refractivity contribution in [3.8, 4) is 0 Å². The third-order valence-electron chi connectivity index (χ3n) is 10.9. The zero-order valence-electron chi connectivity index (χ0n) is 34.8. The number of ether oxygens (including phenoxy) is 4. The number of hydrogen-bond donors (Lipinski definition) is 9. The fourth-order valence-corrected chi connectivity index (χ4v) is 7.16. The predicted molar refractivity (Wildman–Crippen MR) is 217 cm³/mol. The van der Waals surface area contributed by atoms with Crippen molar-refractivity contribution >= 4 is 5.91 Å². The van der Waals surface area contributed by atoms with Gasteiger partial charge in [-0.25, -0.2) is 0 Å². The van der Waals surface area contributed by atoms with Gasteiger partial charge >= 0.3 is 0 Å². The lowest BCUT2D eigenvalue weighted by molar-refractivity contribution is -0.359. The SMILES string of the molecule is CCCCC/C=C\CCCCCCCC(=O)NC(COC1OC(CO)C(OC2OC(CO)C(O)C(O)C2O)C(O)C1O)C(O)/C=C/CCCCCCCCCCC. The molecule has 0 saturated carbocycles. The summed E-state index contributed by atoms with van der Waals surface area (Å²) >= 11 is 0. The topological polar surface area (TPSA) is 228 Å². The highest BCUT2D eigenvalue weighted by Gasteiger charge is 2.50. The molecule has 0 aromatic carbocycles. The number of nitrogens with one attached hydrogen (secondary N) is 1. The maximum atomic E-state index is 13.0. The molecule has 0 aromatic heterocycles. The van der Waals surface area contributed by atoms with Crippen LogP contribution < -0.4 is 5.32 Å². The number of aliphatic hydroxyl groups is 8. The van der Waals surface area contributed by atoms with Crippen LogP contribution in [0.5, 0.6) is 0 Å². The molecule has 0 aliphatic carbocycles. The van der Waals surface area contributed by atoms with Gasteiger partial charge < -0.3 is 65.1 Å². The molecule has 0 aromatic rings. The maximum absolute atomic E-state index is 13.0. The zero-order valence-corrected chi connectivity index (χ0v) is 34.8. The van der Waals surface area contributed by atoms with Gasteiger partial charge in [-0.1, -0.05) is 122 Å². The van der Waals surface area contributed by atoms with Crippen LogP contribution in [0, 0.1) is 0 Å². The van der Waals surface area contributed by atoms with Crippen LogP contribution in [-0.4, -0.2) is 140 Å². The molecule has 334 valence electrons. The molecule has 0 bridgehead atoms. The molecule has 2 heterocycles. The van der Waals surface area contributed by atoms with E-state index in [2.05, 4.69) is 31.3 Å². The van der Waals surface area contributed by atoms with Gasteiger partial charge in [0.2, 0.25) is 5.91 Å². The number of rotatable bonds is 32. The first kappa shape index (κ1) is 51.6. The van der Waals surface area contributed by atoms with E-state index in [1.807, 2.05) is 6.08 Å². The molecule has 0 radical (unpaired) electrons. The van der Waals surface area contributed by atoms with Gasteiger partial charge in [0.15, 0.2) is 12.6 Å². The Morgan fingerprint density at radius 3 is 1.70 bits per heavy atom. The van der Waals surface area contributed by atoms with Crippen molar-refractivity contribution in [3.63, 3.8) is 0 Å². The van der Waals surface area contributed by atoms with Crippen LogP contribution in [-0.2, 0) is 23.7 Å². The standard InChI is InChI=1S/C43H79NO13/c1-3-5-7-9-11-13-15-17-19-21-23-25-27-35(48)44-31(32(47)26-24-22-20-18-16-14-12-10-8-6-4-2)30-54-42-40(53)38(51)41(34(29-46)56-42)57-43-39(52)37(50)36(49)33(28-45)55-43/h11,13,24,26,31-34,36-43,45-47,49-53H,3-10,12,14-23,25,27-30H2,1-2H3,(H,44,48)/b13-11-,26-24+. The van der Waals surface area contributed by atoms with Crippen molar-refractivity contribution in [1.82, 2.24) is 5.32 Å². The smallest absolute Gasteiger partial charge is 0.220 e. The molecule has 2 rings (SSSR count). The van der Waals surface area contributed by atoms with Gasteiger partial charge in [-0.15, -0.1) is 0 Å². The van der Waals surface area contributed by atoms with Crippen molar-refractivity contribution in [3.05, 3.63) is 24.3 Å². The van der Waals surface area contributed by atoms with E-state index >= 15 is 0 Å². The third-order valence-corrected chi connectivity index (χ3v) is 10.9. The second-order valence-electron chi connectivity index (χ2n) is 15.8. The fraction of sp³-hybridized carbons (Fsp3) is 0.884. The van der Waals surface area contributed by atoms with Crippen LogP contribution in [0.15, 0.2) is 24.3 Å². The van der Waals surface area contributed by atoms with Gasteiger partial charge in [0.1, 0.15) is 48.8 Å². The molecule has 9 N–H and O–H groups in total. The van der Waals surface area contributed by atoms with E-state index < -0.39 is 86.8 Å². The normalized spacial score (nSPS) is 29.3. The first-order valence-corrected chi connectivity index (χ1v) is 22.1. The summed E-state index contributed by atoms with van der Waals surface area (Å²) in [6.07, 6.45) is 13.7. The van der Waals surface area contributed by atoms with Crippen molar-refractivity contribution in [2.24, 2.45) is 0 Å². The monoisotopic (exact) mass is 818 g/mol. The Bertz CT molecular complexity index is 1060. The van der Waals surface area contributed by atoms with Crippen LogP contribution in [0.4, 0.5) is 0 Å². The van der Waals surface area contributed by atoms with Crippen molar-refractivity contribution < 1.29 is 64.6 Å². The number of allylic oxidation sites excluding steroid dienone is 3. The lowest BCUT2D eigenvalue weighted by Crippen LogP contribution is -2.65. The highest BCUT2D eigenvalue weighted by Crippen LogP contribution is 2.30. The van der Waals surface area contributed by atoms with Gasteiger partial charge in [0.25, 0.3) is 0 Å². The van der Waals surface area contributed by atoms with E-state index in [1.165, 1.54) is 64.2 Å². The third kappa shape index (κ3) is 20.1. The molecule has 2 fully saturated rings. The van der Waals surface area contributed by atoms with E-state index in [1.54, 1.807) is 6.08 Å². The van der Waals surface area contributed by atoms with E-state index in [9.17, 15) is 45.6 Å². The van der Waals surface area contributed by atoms with Crippen LogP contribution in [0.25, 0.3) is 0 Å². The minimum absolute atomic E-state index is 0.253. The number of unbranched alkanes of at least 4 members (excludes halogenated alkanes) is 17. The number of hydrogen-bond acceptors (Lipinski definition) is 13. The summed E-state index contributed by atoms with van der Waals surface area (Å²) in [5, 5.41) is 86.3. The predicted octanol–water partition coefficient (Wildman–Crippen LogP) is 3.82. The summed E-state index contributed by atoms with van der Waals surface area (Å²) < 4.78 is 22.6. The van der Waals surface area contributed by atoms with Crippen LogP contribution in [0.1, 0.15) is 149 Å². The highest BCUT2D eigenvalue weighted by molar-refractivity contribution is 5.76. The minimum Gasteiger partial charge on any atom is -0.394 e. The van der Waals surface area contributed by atoms with Gasteiger partial charge in [0, 0.05) is 6.42 Å².